The molecule has 0 aromatic carbocycles. The molecule has 0 radical (unpaired) electrons. The van der Waals surface area contributed by atoms with Crippen molar-refractivity contribution < 1.29 is 5.11 Å². The molecule has 1 aromatic rings. The van der Waals surface area contributed by atoms with Crippen LogP contribution >= 0.6 is 0 Å². The van der Waals surface area contributed by atoms with Crippen LogP contribution in [0, 0.1) is 0 Å². The van der Waals surface area contributed by atoms with Crippen molar-refractivity contribution in [3.63, 3.8) is 0 Å². The van der Waals surface area contributed by atoms with Gasteiger partial charge >= 0.3 is 0 Å². The highest BCUT2D eigenvalue weighted by Crippen LogP contribution is 2.18. The minimum atomic E-state index is -0.807. The minimum absolute atomic E-state index is 0.391. The van der Waals surface area contributed by atoms with Crippen LogP contribution in [0.3, 0.4) is 0 Å². The van der Waals surface area contributed by atoms with Crippen molar-refractivity contribution >= 4 is 17.8 Å². The molecule has 1 aliphatic heterocycles. The van der Waals surface area contributed by atoms with E-state index in [1.54, 1.807) is 13.8 Å². The van der Waals surface area contributed by atoms with E-state index >= 15 is 0 Å². The summed E-state index contributed by atoms with van der Waals surface area (Å²) in [5.41, 5.74) is -0.807. The van der Waals surface area contributed by atoms with Crippen LogP contribution in [0.1, 0.15) is 33.6 Å². The molecule has 0 spiro atoms. The molecule has 2 heterocycles. The van der Waals surface area contributed by atoms with Crippen molar-refractivity contribution in [2.75, 3.05) is 41.7 Å². The molecule has 0 saturated carbocycles. The topological polar surface area (TPSA) is 86.2 Å². The van der Waals surface area contributed by atoms with Gasteiger partial charge in [-0.25, -0.2) is 0 Å². The summed E-state index contributed by atoms with van der Waals surface area (Å²) in [5.74, 6) is 1.77. The van der Waals surface area contributed by atoms with Crippen molar-refractivity contribution in [1.82, 2.24) is 15.0 Å². The summed E-state index contributed by atoms with van der Waals surface area (Å²) in [6.07, 6.45) is 2.35. The number of aliphatic hydroxyl groups is 1. The molecular formula is C13H24N6O. The first-order valence-corrected chi connectivity index (χ1v) is 7.19. The Bertz CT molecular complexity index is 439. The van der Waals surface area contributed by atoms with E-state index in [0.29, 0.717) is 24.4 Å². The van der Waals surface area contributed by atoms with Crippen molar-refractivity contribution in [2.24, 2.45) is 0 Å². The quantitative estimate of drug-likeness (QED) is 0.719. The van der Waals surface area contributed by atoms with Crippen molar-refractivity contribution in [1.29, 1.82) is 0 Å². The normalized spacial score (nSPS) is 15.5. The van der Waals surface area contributed by atoms with Crippen LogP contribution in [0.4, 0.5) is 17.8 Å². The van der Waals surface area contributed by atoms with E-state index in [1.165, 1.54) is 12.8 Å². The Hall–Kier alpha value is -1.63. The van der Waals surface area contributed by atoms with Gasteiger partial charge in [-0.1, -0.05) is 0 Å². The maximum Gasteiger partial charge on any atom is 0.231 e. The fourth-order valence-corrected chi connectivity index (χ4v) is 2.03. The molecule has 3 N–H and O–H groups in total. The molecule has 0 unspecified atom stereocenters. The van der Waals surface area contributed by atoms with Gasteiger partial charge in [0.2, 0.25) is 17.8 Å². The van der Waals surface area contributed by atoms with E-state index in [2.05, 4.69) is 30.5 Å². The first kappa shape index (κ1) is 14.8. The SMILES string of the molecule is CCNc1nc(NCC(C)(C)O)nc(N2CCCC2)n1. The zero-order valence-electron chi connectivity index (χ0n) is 12.5. The minimum Gasteiger partial charge on any atom is -0.389 e. The van der Waals surface area contributed by atoms with Crippen LogP contribution in [0.5, 0.6) is 0 Å². The molecule has 0 atom stereocenters. The van der Waals surface area contributed by atoms with Crippen molar-refractivity contribution in [3.05, 3.63) is 0 Å². The standard InChI is InChI=1S/C13H24N6O/c1-4-14-10-16-11(15-9-13(2,3)20)18-12(17-10)19-7-5-6-8-19/h20H,4-9H2,1-3H3,(H2,14,15,16,17,18). The Morgan fingerprint density at radius 3 is 2.25 bits per heavy atom. The lowest BCUT2D eigenvalue weighted by Gasteiger charge is -2.20. The summed E-state index contributed by atoms with van der Waals surface area (Å²) in [6, 6.07) is 0. The zero-order valence-corrected chi connectivity index (χ0v) is 12.5. The summed E-state index contributed by atoms with van der Waals surface area (Å²) in [7, 11) is 0. The number of aromatic nitrogens is 3. The molecule has 0 aliphatic carbocycles. The molecule has 112 valence electrons. The van der Waals surface area contributed by atoms with Gasteiger partial charge in [0.15, 0.2) is 0 Å². The van der Waals surface area contributed by atoms with Gasteiger partial charge in [0.05, 0.1) is 5.60 Å². The van der Waals surface area contributed by atoms with Crippen LogP contribution in [0.2, 0.25) is 0 Å². The number of anilines is 3. The van der Waals surface area contributed by atoms with E-state index in [4.69, 9.17) is 0 Å². The third-order valence-electron chi connectivity index (χ3n) is 3.03. The number of hydrogen-bond donors (Lipinski definition) is 3. The van der Waals surface area contributed by atoms with Gasteiger partial charge in [-0.05, 0) is 33.6 Å². The monoisotopic (exact) mass is 280 g/mol. The lowest BCUT2D eigenvalue weighted by Crippen LogP contribution is -2.30. The van der Waals surface area contributed by atoms with E-state index in [1.807, 2.05) is 6.92 Å². The Labute approximate surface area is 119 Å². The van der Waals surface area contributed by atoms with Crippen molar-refractivity contribution in [3.8, 4) is 0 Å². The molecular weight excluding hydrogens is 256 g/mol. The fourth-order valence-electron chi connectivity index (χ4n) is 2.03. The summed E-state index contributed by atoms with van der Waals surface area (Å²) >= 11 is 0. The van der Waals surface area contributed by atoms with E-state index < -0.39 is 5.60 Å². The summed E-state index contributed by atoms with van der Waals surface area (Å²) in [5, 5.41) is 16.0. The molecule has 0 amide bonds. The van der Waals surface area contributed by atoms with Crippen LogP contribution in [-0.2, 0) is 0 Å². The second-order valence-electron chi connectivity index (χ2n) is 5.67. The third-order valence-corrected chi connectivity index (χ3v) is 3.03. The van der Waals surface area contributed by atoms with E-state index in [0.717, 1.165) is 19.6 Å². The predicted octanol–water partition coefficient (Wildman–Crippen LogP) is 1.09. The Balaban J connectivity index is 2.16. The fraction of sp³-hybridized carbons (Fsp3) is 0.769. The summed E-state index contributed by atoms with van der Waals surface area (Å²) < 4.78 is 0. The van der Waals surface area contributed by atoms with E-state index in [9.17, 15) is 5.11 Å². The first-order valence-electron chi connectivity index (χ1n) is 7.19. The molecule has 1 aliphatic rings. The second-order valence-corrected chi connectivity index (χ2v) is 5.67. The highest BCUT2D eigenvalue weighted by Gasteiger charge is 2.18. The molecule has 7 heteroatoms. The largest absolute Gasteiger partial charge is 0.389 e. The summed E-state index contributed by atoms with van der Waals surface area (Å²) in [4.78, 5) is 15.4. The van der Waals surface area contributed by atoms with Gasteiger partial charge < -0.3 is 20.6 Å². The molecule has 20 heavy (non-hydrogen) atoms. The lowest BCUT2D eigenvalue weighted by atomic mass is 10.1. The van der Waals surface area contributed by atoms with Crippen LogP contribution < -0.4 is 15.5 Å². The Morgan fingerprint density at radius 2 is 1.70 bits per heavy atom. The Morgan fingerprint density at radius 1 is 1.10 bits per heavy atom. The molecule has 7 nitrogen and oxygen atoms in total. The lowest BCUT2D eigenvalue weighted by molar-refractivity contribution is 0.0943. The van der Waals surface area contributed by atoms with Gasteiger partial charge in [0, 0.05) is 26.2 Å². The second kappa shape index (κ2) is 6.21. The number of hydrogen-bond acceptors (Lipinski definition) is 7. The molecule has 1 saturated heterocycles. The van der Waals surface area contributed by atoms with Crippen LogP contribution in [-0.4, -0.2) is 51.8 Å². The van der Waals surface area contributed by atoms with E-state index in [-0.39, 0.29) is 0 Å². The van der Waals surface area contributed by atoms with Crippen molar-refractivity contribution in [2.45, 2.75) is 39.2 Å². The molecule has 2 rings (SSSR count). The highest BCUT2D eigenvalue weighted by molar-refractivity contribution is 5.44. The maximum absolute atomic E-state index is 9.77. The number of rotatable bonds is 6. The Kier molecular flexibility index (Phi) is 4.59. The maximum atomic E-state index is 9.77. The average Bonchev–Trinajstić information content (AvgIpc) is 2.89. The number of nitrogens with zero attached hydrogens (tertiary/aromatic N) is 4. The molecule has 1 fully saturated rings. The zero-order chi connectivity index (χ0) is 14.6. The van der Waals surface area contributed by atoms with Crippen LogP contribution in [0.25, 0.3) is 0 Å². The average molecular weight is 280 g/mol. The summed E-state index contributed by atoms with van der Waals surface area (Å²) in [6.45, 7) is 8.61. The predicted molar refractivity (Wildman–Crippen MR) is 80.2 cm³/mol. The van der Waals surface area contributed by atoms with Crippen LogP contribution in [0.15, 0.2) is 0 Å². The third kappa shape index (κ3) is 4.19. The first-order chi connectivity index (χ1) is 9.48. The van der Waals surface area contributed by atoms with Gasteiger partial charge in [0.1, 0.15) is 0 Å². The van der Waals surface area contributed by atoms with Gasteiger partial charge in [-0.2, -0.15) is 15.0 Å². The van der Waals surface area contributed by atoms with Gasteiger partial charge in [-0.3, -0.25) is 0 Å². The van der Waals surface area contributed by atoms with Gasteiger partial charge in [-0.15, -0.1) is 0 Å². The molecule has 1 aromatic heterocycles. The van der Waals surface area contributed by atoms with Gasteiger partial charge in [0.25, 0.3) is 0 Å². The number of nitrogens with one attached hydrogen (secondary N) is 2. The smallest absolute Gasteiger partial charge is 0.231 e. The highest BCUT2D eigenvalue weighted by atomic mass is 16.3. The molecule has 0 bridgehead atoms.